The molecule has 1 aromatic heterocycles. The Labute approximate surface area is 196 Å². The molecule has 0 saturated carbocycles. The van der Waals surface area contributed by atoms with Crippen molar-refractivity contribution in [2.75, 3.05) is 46.9 Å². The maximum atomic E-state index is 12.8. The molecular weight excluding hydrogens is 416 g/mol. The number of carbonyl (C=O) groups excluding carboxylic acids is 1. The van der Waals surface area contributed by atoms with E-state index < -0.39 is 0 Å². The quantitative estimate of drug-likeness (QED) is 0.695. The predicted octanol–water partition coefficient (Wildman–Crippen LogP) is 2.38. The van der Waals surface area contributed by atoms with Crippen LogP contribution >= 0.6 is 0 Å². The third-order valence-corrected chi connectivity index (χ3v) is 6.78. The van der Waals surface area contributed by atoms with Crippen LogP contribution in [0.3, 0.4) is 0 Å². The van der Waals surface area contributed by atoms with E-state index in [0.29, 0.717) is 0 Å². The number of amides is 1. The lowest BCUT2D eigenvalue weighted by Crippen LogP contribution is -2.40. The number of ether oxygens (including phenoxy) is 1. The minimum absolute atomic E-state index is 0.0979. The summed E-state index contributed by atoms with van der Waals surface area (Å²) in [5, 5.41) is 12.1. The number of hydrogen-bond donors (Lipinski definition) is 1. The van der Waals surface area contributed by atoms with Gasteiger partial charge in [0.2, 0.25) is 5.91 Å². The molecule has 4 rings (SSSR count). The van der Waals surface area contributed by atoms with Crippen LogP contribution in [0.5, 0.6) is 5.75 Å². The summed E-state index contributed by atoms with van der Waals surface area (Å²) in [5.74, 6) is 2.99. The van der Waals surface area contributed by atoms with Crippen molar-refractivity contribution in [2.24, 2.45) is 5.92 Å². The van der Waals surface area contributed by atoms with E-state index in [9.17, 15) is 4.79 Å². The number of hydrogen-bond acceptors (Lipinski definition) is 6. The molecule has 1 amide bonds. The number of carbonyl (C=O) groups is 1. The summed E-state index contributed by atoms with van der Waals surface area (Å²) in [7, 11) is 3.81. The highest BCUT2D eigenvalue weighted by Gasteiger charge is 2.27. The van der Waals surface area contributed by atoms with Gasteiger partial charge in [-0.05, 0) is 46.0 Å². The molecule has 3 heterocycles. The van der Waals surface area contributed by atoms with E-state index in [1.54, 1.807) is 7.11 Å². The average molecular weight is 453 g/mol. The van der Waals surface area contributed by atoms with Crippen molar-refractivity contribution in [3.05, 3.63) is 47.6 Å². The van der Waals surface area contributed by atoms with E-state index in [0.717, 1.165) is 81.5 Å². The summed E-state index contributed by atoms with van der Waals surface area (Å²) in [6, 6.07) is 7.90. The molecule has 2 aromatic rings. The predicted molar refractivity (Wildman–Crippen MR) is 129 cm³/mol. The second-order valence-corrected chi connectivity index (χ2v) is 9.13. The standard InChI is InChI=1S/C25H36N6O2/c1-19(26-25(32)21-10-14-29(2)15-11-21)24-28-27-23-12-16-30(17-18-31(23)24)13-6-8-20-7-4-5-9-22(20)33-3/h4-9,19,21H,10-18H2,1-3H3,(H,26,32)/b8-6+. The van der Waals surface area contributed by atoms with Crippen LogP contribution in [0.4, 0.5) is 0 Å². The lowest BCUT2D eigenvalue weighted by molar-refractivity contribution is -0.127. The molecule has 0 radical (unpaired) electrons. The molecule has 2 aliphatic rings. The Bertz CT molecular complexity index is 964. The summed E-state index contributed by atoms with van der Waals surface area (Å²) in [5.41, 5.74) is 1.09. The normalized spacial score (nSPS) is 19.2. The fourth-order valence-electron chi connectivity index (χ4n) is 4.69. The molecule has 0 bridgehead atoms. The number of nitrogens with zero attached hydrogens (tertiary/aromatic N) is 5. The maximum absolute atomic E-state index is 12.8. The van der Waals surface area contributed by atoms with Gasteiger partial charge in [-0.25, -0.2) is 0 Å². The van der Waals surface area contributed by atoms with Crippen LogP contribution in [-0.2, 0) is 17.8 Å². The maximum Gasteiger partial charge on any atom is 0.223 e. The zero-order chi connectivity index (χ0) is 23.2. The largest absolute Gasteiger partial charge is 0.496 e. The van der Waals surface area contributed by atoms with Crippen molar-refractivity contribution in [3.63, 3.8) is 0 Å². The summed E-state index contributed by atoms with van der Waals surface area (Å²) in [4.78, 5) is 17.5. The summed E-state index contributed by atoms with van der Waals surface area (Å²) in [6.45, 7) is 7.53. The number of methoxy groups -OCH3 is 1. The molecule has 1 aromatic carbocycles. The smallest absolute Gasteiger partial charge is 0.223 e. The topological polar surface area (TPSA) is 75.5 Å². The molecule has 8 nitrogen and oxygen atoms in total. The molecule has 33 heavy (non-hydrogen) atoms. The Morgan fingerprint density at radius 2 is 1.97 bits per heavy atom. The molecule has 1 fully saturated rings. The van der Waals surface area contributed by atoms with Crippen LogP contribution in [-0.4, -0.2) is 77.4 Å². The monoisotopic (exact) mass is 452 g/mol. The van der Waals surface area contributed by atoms with Gasteiger partial charge in [-0.3, -0.25) is 9.69 Å². The number of likely N-dealkylation sites (tertiary alicyclic amines) is 1. The van der Waals surface area contributed by atoms with E-state index in [1.165, 1.54) is 0 Å². The first kappa shape index (κ1) is 23.4. The van der Waals surface area contributed by atoms with Gasteiger partial charge in [0.25, 0.3) is 0 Å². The highest BCUT2D eigenvalue weighted by molar-refractivity contribution is 5.79. The summed E-state index contributed by atoms with van der Waals surface area (Å²) in [6.07, 6.45) is 7.01. The SMILES string of the molecule is COc1ccccc1/C=C/CN1CCc2nnc(C(C)NC(=O)C3CCN(C)CC3)n2CC1. The van der Waals surface area contributed by atoms with E-state index >= 15 is 0 Å². The number of nitrogens with one attached hydrogen (secondary N) is 1. The van der Waals surface area contributed by atoms with Crippen LogP contribution in [0.25, 0.3) is 6.08 Å². The van der Waals surface area contributed by atoms with E-state index in [4.69, 9.17) is 4.74 Å². The van der Waals surface area contributed by atoms with Crippen LogP contribution in [0.1, 0.15) is 43.0 Å². The number of para-hydroxylation sites is 1. The zero-order valence-corrected chi connectivity index (χ0v) is 20.0. The van der Waals surface area contributed by atoms with E-state index in [2.05, 4.69) is 55.1 Å². The molecule has 1 N–H and O–H groups in total. The highest BCUT2D eigenvalue weighted by Crippen LogP contribution is 2.21. The van der Waals surface area contributed by atoms with Gasteiger partial charge < -0.3 is 19.5 Å². The first-order chi connectivity index (χ1) is 16.0. The van der Waals surface area contributed by atoms with Crippen molar-refractivity contribution >= 4 is 12.0 Å². The van der Waals surface area contributed by atoms with Gasteiger partial charge in [-0.1, -0.05) is 30.4 Å². The Balaban J connectivity index is 1.32. The number of rotatable bonds is 7. The second kappa shape index (κ2) is 10.9. The highest BCUT2D eigenvalue weighted by atomic mass is 16.5. The zero-order valence-electron chi connectivity index (χ0n) is 20.0. The van der Waals surface area contributed by atoms with Crippen LogP contribution < -0.4 is 10.1 Å². The number of piperidine rings is 1. The van der Waals surface area contributed by atoms with Gasteiger partial charge >= 0.3 is 0 Å². The molecule has 1 atom stereocenters. The van der Waals surface area contributed by atoms with Crippen molar-refractivity contribution < 1.29 is 9.53 Å². The van der Waals surface area contributed by atoms with Gasteiger partial charge in [0.1, 0.15) is 11.6 Å². The minimum Gasteiger partial charge on any atom is -0.496 e. The first-order valence-corrected chi connectivity index (χ1v) is 12.0. The second-order valence-electron chi connectivity index (χ2n) is 9.13. The van der Waals surface area contributed by atoms with Gasteiger partial charge in [0.15, 0.2) is 5.82 Å². The lowest BCUT2D eigenvalue weighted by Gasteiger charge is -2.29. The van der Waals surface area contributed by atoms with Crippen molar-refractivity contribution in [3.8, 4) is 5.75 Å². The van der Waals surface area contributed by atoms with Gasteiger partial charge in [0, 0.05) is 44.1 Å². The van der Waals surface area contributed by atoms with Crippen molar-refractivity contribution in [2.45, 2.75) is 38.8 Å². The first-order valence-electron chi connectivity index (χ1n) is 12.0. The molecule has 2 aliphatic heterocycles. The van der Waals surface area contributed by atoms with Crippen LogP contribution in [0.2, 0.25) is 0 Å². The number of fused-ring (bicyclic) bond motifs is 1. The summed E-state index contributed by atoms with van der Waals surface area (Å²) < 4.78 is 7.63. The third kappa shape index (κ3) is 5.81. The Kier molecular flexibility index (Phi) is 7.77. The van der Waals surface area contributed by atoms with Crippen molar-refractivity contribution in [1.29, 1.82) is 0 Å². The minimum atomic E-state index is -0.143. The summed E-state index contributed by atoms with van der Waals surface area (Å²) >= 11 is 0. The van der Waals surface area contributed by atoms with E-state index in [1.807, 2.05) is 25.1 Å². The van der Waals surface area contributed by atoms with Gasteiger partial charge in [-0.15, -0.1) is 10.2 Å². The lowest BCUT2D eigenvalue weighted by atomic mass is 9.96. The Morgan fingerprint density at radius 3 is 2.76 bits per heavy atom. The fourth-order valence-corrected chi connectivity index (χ4v) is 4.69. The number of aromatic nitrogens is 3. The molecular formula is C25H36N6O2. The Hall–Kier alpha value is -2.71. The van der Waals surface area contributed by atoms with Gasteiger partial charge in [0.05, 0.1) is 13.2 Å². The fraction of sp³-hybridized carbons (Fsp3) is 0.560. The van der Waals surface area contributed by atoms with E-state index in [-0.39, 0.29) is 17.9 Å². The third-order valence-electron chi connectivity index (χ3n) is 6.78. The molecule has 1 unspecified atom stereocenters. The van der Waals surface area contributed by atoms with Gasteiger partial charge in [-0.2, -0.15) is 0 Å². The molecule has 1 saturated heterocycles. The molecule has 8 heteroatoms. The number of benzene rings is 1. The Morgan fingerprint density at radius 1 is 1.18 bits per heavy atom. The molecule has 0 aliphatic carbocycles. The van der Waals surface area contributed by atoms with Crippen molar-refractivity contribution in [1.82, 2.24) is 29.9 Å². The molecule has 0 spiro atoms. The van der Waals surface area contributed by atoms with Crippen LogP contribution in [0.15, 0.2) is 30.3 Å². The average Bonchev–Trinajstić information content (AvgIpc) is 3.13. The molecule has 178 valence electrons. The van der Waals surface area contributed by atoms with Crippen LogP contribution in [0, 0.1) is 5.92 Å².